The zero-order valence-corrected chi connectivity index (χ0v) is 12.5. The average Bonchev–Trinajstić information content (AvgIpc) is 2.27. The standard InChI is InChI=1S/C16H26N2/c1-11(2)15-10-17-13-8-7-12(16(3,4)5)9-14(13)18(15)6/h7-9,11,15,17H,10H2,1-6H3. The van der Waals surface area contributed by atoms with Crippen molar-refractivity contribution in [2.24, 2.45) is 5.92 Å². The summed E-state index contributed by atoms with van der Waals surface area (Å²) in [6, 6.07) is 7.39. The van der Waals surface area contributed by atoms with Gasteiger partial charge in [0.25, 0.3) is 0 Å². The molecule has 0 amide bonds. The summed E-state index contributed by atoms with van der Waals surface area (Å²) in [7, 11) is 2.22. The number of hydrogen-bond acceptors (Lipinski definition) is 2. The molecule has 0 aliphatic carbocycles. The van der Waals surface area contributed by atoms with E-state index in [2.05, 4.69) is 70.1 Å². The minimum Gasteiger partial charge on any atom is -0.381 e. The topological polar surface area (TPSA) is 15.3 Å². The fourth-order valence-electron chi connectivity index (χ4n) is 2.65. The summed E-state index contributed by atoms with van der Waals surface area (Å²) in [6.07, 6.45) is 0. The quantitative estimate of drug-likeness (QED) is 0.809. The third kappa shape index (κ3) is 2.33. The lowest BCUT2D eigenvalue weighted by atomic mass is 9.86. The lowest BCUT2D eigenvalue weighted by Crippen LogP contribution is -2.45. The molecule has 1 unspecified atom stereocenters. The minimum absolute atomic E-state index is 0.209. The van der Waals surface area contributed by atoms with Crippen LogP contribution >= 0.6 is 0 Å². The van der Waals surface area contributed by atoms with Crippen molar-refractivity contribution < 1.29 is 0 Å². The molecule has 2 nitrogen and oxygen atoms in total. The number of rotatable bonds is 1. The van der Waals surface area contributed by atoms with E-state index in [0.29, 0.717) is 12.0 Å². The molecule has 2 heteroatoms. The molecule has 18 heavy (non-hydrogen) atoms. The molecule has 1 aliphatic rings. The Balaban J connectivity index is 2.40. The van der Waals surface area contributed by atoms with Crippen LogP contribution in [0, 0.1) is 5.92 Å². The molecule has 1 aromatic carbocycles. The van der Waals surface area contributed by atoms with Crippen LogP contribution in [0.5, 0.6) is 0 Å². The van der Waals surface area contributed by atoms with Crippen LogP contribution in [0.15, 0.2) is 18.2 Å². The third-order valence-electron chi connectivity index (χ3n) is 4.01. The van der Waals surface area contributed by atoms with Crippen molar-refractivity contribution in [3.63, 3.8) is 0 Å². The molecule has 0 fully saturated rings. The van der Waals surface area contributed by atoms with Gasteiger partial charge in [0.05, 0.1) is 11.4 Å². The van der Waals surface area contributed by atoms with Crippen LogP contribution < -0.4 is 10.2 Å². The molecule has 0 spiro atoms. The van der Waals surface area contributed by atoms with Crippen LogP contribution in [0.25, 0.3) is 0 Å². The highest BCUT2D eigenvalue weighted by molar-refractivity contribution is 5.73. The predicted molar refractivity (Wildman–Crippen MR) is 80.7 cm³/mol. The first-order valence-corrected chi connectivity index (χ1v) is 6.92. The van der Waals surface area contributed by atoms with Gasteiger partial charge in [0.15, 0.2) is 0 Å². The van der Waals surface area contributed by atoms with Crippen LogP contribution in [0.4, 0.5) is 11.4 Å². The van der Waals surface area contributed by atoms with Gasteiger partial charge < -0.3 is 10.2 Å². The van der Waals surface area contributed by atoms with Crippen LogP contribution in [0.3, 0.4) is 0 Å². The van der Waals surface area contributed by atoms with Crippen molar-refractivity contribution in [3.05, 3.63) is 23.8 Å². The van der Waals surface area contributed by atoms with E-state index in [1.165, 1.54) is 16.9 Å². The monoisotopic (exact) mass is 246 g/mol. The van der Waals surface area contributed by atoms with Crippen molar-refractivity contribution >= 4 is 11.4 Å². The Hall–Kier alpha value is -1.18. The molecule has 0 bridgehead atoms. The lowest BCUT2D eigenvalue weighted by molar-refractivity contribution is 0.482. The molecule has 2 rings (SSSR count). The summed E-state index contributed by atoms with van der Waals surface area (Å²) in [5, 5.41) is 3.56. The van der Waals surface area contributed by atoms with E-state index >= 15 is 0 Å². The number of hydrogen-bond donors (Lipinski definition) is 1. The van der Waals surface area contributed by atoms with Crippen molar-refractivity contribution in [1.82, 2.24) is 0 Å². The van der Waals surface area contributed by atoms with Crippen LogP contribution in [0.2, 0.25) is 0 Å². The Labute approximate surface area is 111 Å². The number of likely N-dealkylation sites (N-methyl/N-ethyl adjacent to an activating group) is 1. The first-order valence-electron chi connectivity index (χ1n) is 6.92. The Morgan fingerprint density at radius 3 is 2.50 bits per heavy atom. The fourth-order valence-corrected chi connectivity index (χ4v) is 2.65. The zero-order valence-electron chi connectivity index (χ0n) is 12.5. The predicted octanol–water partition coefficient (Wildman–Crippen LogP) is 3.87. The Bertz CT molecular complexity index is 429. The van der Waals surface area contributed by atoms with Gasteiger partial charge in [-0.05, 0) is 29.0 Å². The number of nitrogens with one attached hydrogen (secondary N) is 1. The summed E-state index contributed by atoms with van der Waals surface area (Å²) in [5.41, 5.74) is 4.22. The van der Waals surface area contributed by atoms with Crippen molar-refractivity contribution in [3.8, 4) is 0 Å². The molecule has 0 aromatic heterocycles. The minimum atomic E-state index is 0.209. The van der Waals surface area contributed by atoms with E-state index < -0.39 is 0 Å². The van der Waals surface area contributed by atoms with Gasteiger partial charge in [0.1, 0.15) is 0 Å². The third-order valence-corrected chi connectivity index (χ3v) is 4.01. The summed E-state index contributed by atoms with van der Waals surface area (Å²) in [4.78, 5) is 2.44. The van der Waals surface area contributed by atoms with E-state index in [1.54, 1.807) is 0 Å². The smallest absolute Gasteiger partial charge is 0.0605 e. The number of nitrogens with zero attached hydrogens (tertiary/aromatic N) is 1. The zero-order chi connectivity index (χ0) is 13.5. The summed E-state index contributed by atoms with van der Waals surface area (Å²) >= 11 is 0. The molecule has 1 heterocycles. The second-order valence-electron chi connectivity index (χ2n) is 6.79. The molecule has 0 saturated heterocycles. The summed E-state index contributed by atoms with van der Waals surface area (Å²) in [5.74, 6) is 0.661. The largest absolute Gasteiger partial charge is 0.381 e. The average molecular weight is 246 g/mol. The van der Waals surface area contributed by atoms with Gasteiger partial charge in [0, 0.05) is 19.6 Å². The van der Waals surface area contributed by atoms with Crippen molar-refractivity contribution in [1.29, 1.82) is 0 Å². The van der Waals surface area contributed by atoms with Crippen LogP contribution in [-0.4, -0.2) is 19.6 Å². The molecule has 100 valence electrons. The molecule has 0 radical (unpaired) electrons. The molecular formula is C16H26N2. The Morgan fingerprint density at radius 1 is 1.28 bits per heavy atom. The van der Waals surface area contributed by atoms with E-state index in [9.17, 15) is 0 Å². The second kappa shape index (κ2) is 4.49. The number of benzene rings is 1. The van der Waals surface area contributed by atoms with Crippen LogP contribution in [-0.2, 0) is 5.41 Å². The summed E-state index contributed by atoms with van der Waals surface area (Å²) in [6.45, 7) is 12.4. The first-order chi connectivity index (χ1) is 8.30. The van der Waals surface area contributed by atoms with E-state index in [1.807, 2.05) is 0 Å². The first kappa shape index (κ1) is 13.3. The maximum Gasteiger partial charge on any atom is 0.0605 e. The highest BCUT2D eigenvalue weighted by atomic mass is 15.2. The van der Waals surface area contributed by atoms with Gasteiger partial charge in [-0.15, -0.1) is 0 Å². The van der Waals surface area contributed by atoms with Crippen LogP contribution in [0.1, 0.15) is 40.2 Å². The summed E-state index contributed by atoms with van der Waals surface area (Å²) < 4.78 is 0. The van der Waals surface area contributed by atoms with Gasteiger partial charge in [-0.1, -0.05) is 40.7 Å². The molecule has 1 N–H and O–H groups in total. The lowest BCUT2D eigenvalue weighted by Gasteiger charge is -2.40. The highest BCUT2D eigenvalue weighted by Crippen LogP contribution is 2.36. The maximum absolute atomic E-state index is 3.56. The van der Waals surface area contributed by atoms with Crippen molar-refractivity contribution in [2.75, 3.05) is 23.8 Å². The number of fused-ring (bicyclic) bond motifs is 1. The Kier molecular flexibility index (Phi) is 3.31. The molecule has 1 aromatic rings. The Morgan fingerprint density at radius 2 is 1.94 bits per heavy atom. The highest BCUT2D eigenvalue weighted by Gasteiger charge is 2.26. The van der Waals surface area contributed by atoms with Gasteiger partial charge in [-0.2, -0.15) is 0 Å². The van der Waals surface area contributed by atoms with E-state index in [4.69, 9.17) is 0 Å². The SMILES string of the molecule is CC(C)C1CNc2ccc(C(C)(C)C)cc2N1C. The van der Waals surface area contributed by atoms with Gasteiger partial charge in [0.2, 0.25) is 0 Å². The second-order valence-corrected chi connectivity index (χ2v) is 6.79. The molecular weight excluding hydrogens is 220 g/mol. The molecule has 0 saturated carbocycles. The van der Waals surface area contributed by atoms with E-state index in [-0.39, 0.29) is 5.41 Å². The van der Waals surface area contributed by atoms with E-state index in [0.717, 1.165) is 6.54 Å². The van der Waals surface area contributed by atoms with Gasteiger partial charge in [-0.25, -0.2) is 0 Å². The molecule has 1 aliphatic heterocycles. The fraction of sp³-hybridized carbons (Fsp3) is 0.625. The molecule has 1 atom stereocenters. The van der Waals surface area contributed by atoms with Gasteiger partial charge in [-0.3, -0.25) is 0 Å². The van der Waals surface area contributed by atoms with Crippen molar-refractivity contribution in [2.45, 2.75) is 46.1 Å². The number of anilines is 2. The maximum atomic E-state index is 3.56. The normalized spacial score (nSPS) is 19.7. The van der Waals surface area contributed by atoms with Gasteiger partial charge >= 0.3 is 0 Å².